The van der Waals surface area contributed by atoms with E-state index in [4.69, 9.17) is 24.9 Å². The van der Waals surface area contributed by atoms with Crippen LogP contribution in [0.2, 0.25) is 0 Å². The van der Waals surface area contributed by atoms with Gasteiger partial charge in [-0.2, -0.15) is 0 Å². The Morgan fingerprint density at radius 1 is 1.40 bits per heavy atom. The summed E-state index contributed by atoms with van der Waals surface area (Å²) in [7, 11) is -3.13. The van der Waals surface area contributed by atoms with Crippen molar-refractivity contribution in [1.82, 2.24) is 0 Å². The van der Waals surface area contributed by atoms with Gasteiger partial charge < -0.3 is 25.5 Å². The van der Waals surface area contributed by atoms with Crippen LogP contribution in [0.4, 0.5) is 0 Å². The van der Waals surface area contributed by atoms with Crippen molar-refractivity contribution in [3.8, 4) is 5.75 Å². The van der Waals surface area contributed by atoms with Gasteiger partial charge in [-0.25, -0.2) is 0 Å². The number of aliphatic hydroxyl groups is 1. The maximum atomic E-state index is 9.22. The minimum Gasteiger partial charge on any atom is -0.511 e. The molecular weight excluding hydrogens is 218 g/mol. The van der Waals surface area contributed by atoms with Crippen LogP contribution >= 0.6 is 0 Å². The molecule has 0 bridgehead atoms. The molecule has 6 N–H and O–H groups in total. The summed E-state index contributed by atoms with van der Waals surface area (Å²) in [6, 6.07) is 6.44. The number of phenols is 1. The van der Waals surface area contributed by atoms with Crippen molar-refractivity contribution in [1.29, 1.82) is 0 Å². The Hall–Kier alpha value is -1.44. The second kappa shape index (κ2) is 6.93. The van der Waals surface area contributed by atoms with Gasteiger partial charge in [0.05, 0.1) is 6.10 Å². The standard InChI is InChI=1S/C8H11NO2.H2O3Si/c9-5-8(11)6-2-1-3-7(10)4-6;1-4(2)3/h1-4,8,10-11H,5,9H2;1-2H. The summed E-state index contributed by atoms with van der Waals surface area (Å²) in [5.41, 5.74) is 5.87. The van der Waals surface area contributed by atoms with Crippen LogP contribution in [0.5, 0.6) is 5.75 Å². The number of rotatable bonds is 2. The Kier molecular flexibility index (Phi) is 6.26. The molecule has 15 heavy (non-hydrogen) atoms. The number of aliphatic hydroxyl groups excluding tert-OH is 1. The summed E-state index contributed by atoms with van der Waals surface area (Å²) in [5.74, 6) is 0.148. The predicted octanol–water partition coefficient (Wildman–Crippen LogP) is -1.23. The molecule has 1 aromatic carbocycles. The third-order valence-corrected chi connectivity index (χ3v) is 1.48. The van der Waals surface area contributed by atoms with Crippen molar-refractivity contribution in [3.63, 3.8) is 0 Å². The largest absolute Gasteiger partial charge is 0.761 e. The van der Waals surface area contributed by atoms with Crippen LogP contribution in [0, 0.1) is 0 Å². The first-order valence-electron chi connectivity index (χ1n) is 4.06. The maximum absolute atomic E-state index is 9.22. The molecule has 0 fully saturated rings. The zero-order valence-electron chi connectivity index (χ0n) is 7.87. The SMILES string of the molecule is NCC(O)c1cccc(O)c1.O=[Si](O)O. The second-order valence-electron chi connectivity index (χ2n) is 2.63. The quantitative estimate of drug-likeness (QED) is 0.406. The topological polar surface area (TPSA) is 124 Å². The van der Waals surface area contributed by atoms with Gasteiger partial charge in [0.15, 0.2) is 0 Å². The Morgan fingerprint density at radius 2 is 1.93 bits per heavy atom. The van der Waals surface area contributed by atoms with E-state index >= 15 is 0 Å². The van der Waals surface area contributed by atoms with Crippen LogP contribution in [0.15, 0.2) is 24.3 Å². The minimum atomic E-state index is -3.13. The lowest BCUT2D eigenvalue weighted by atomic mass is 10.1. The van der Waals surface area contributed by atoms with Gasteiger partial charge in [-0.15, -0.1) is 0 Å². The van der Waals surface area contributed by atoms with E-state index < -0.39 is 15.3 Å². The molecule has 1 rings (SSSR count). The Balaban J connectivity index is 0.000000423. The van der Waals surface area contributed by atoms with E-state index in [0.29, 0.717) is 5.56 Å². The summed E-state index contributed by atoms with van der Waals surface area (Å²) < 4.78 is 8.74. The Bertz CT molecular complexity index is 316. The summed E-state index contributed by atoms with van der Waals surface area (Å²) in [4.78, 5) is 14.3. The third-order valence-electron chi connectivity index (χ3n) is 1.48. The molecule has 0 saturated heterocycles. The molecule has 0 aliphatic rings. The number of hydrogen-bond acceptors (Lipinski definition) is 4. The van der Waals surface area contributed by atoms with Gasteiger partial charge >= 0.3 is 9.17 Å². The maximum Gasteiger partial charge on any atom is 0.761 e. The lowest BCUT2D eigenvalue weighted by Crippen LogP contribution is -2.11. The lowest BCUT2D eigenvalue weighted by Gasteiger charge is -2.06. The van der Waals surface area contributed by atoms with Gasteiger partial charge in [-0.1, -0.05) is 12.1 Å². The molecule has 0 radical (unpaired) electrons. The van der Waals surface area contributed by atoms with Crippen molar-refractivity contribution >= 4 is 9.17 Å². The zero-order valence-corrected chi connectivity index (χ0v) is 8.87. The van der Waals surface area contributed by atoms with Crippen LogP contribution in [0.1, 0.15) is 11.7 Å². The fourth-order valence-electron chi connectivity index (χ4n) is 0.868. The van der Waals surface area contributed by atoms with Crippen LogP contribution in [0.25, 0.3) is 0 Å². The fraction of sp³-hybridized carbons (Fsp3) is 0.250. The lowest BCUT2D eigenvalue weighted by molar-refractivity contribution is 0.186. The molecule has 0 aliphatic heterocycles. The molecular formula is C8H13NO5Si. The molecule has 6 nitrogen and oxygen atoms in total. The van der Waals surface area contributed by atoms with Crippen LogP contribution in [-0.4, -0.2) is 35.5 Å². The van der Waals surface area contributed by atoms with Crippen molar-refractivity contribution < 1.29 is 24.3 Å². The molecule has 0 saturated carbocycles. The molecule has 0 aromatic heterocycles. The van der Waals surface area contributed by atoms with E-state index in [1.807, 2.05) is 0 Å². The molecule has 0 aliphatic carbocycles. The first-order valence-corrected chi connectivity index (χ1v) is 5.36. The molecule has 84 valence electrons. The van der Waals surface area contributed by atoms with Gasteiger partial charge in [-0.05, 0) is 17.7 Å². The van der Waals surface area contributed by atoms with Crippen LogP contribution in [-0.2, 0) is 4.46 Å². The van der Waals surface area contributed by atoms with E-state index in [-0.39, 0.29) is 12.3 Å². The average molecular weight is 231 g/mol. The molecule has 7 heteroatoms. The van der Waals surface area contributed by atoms with Gasteiger partial charge in [0.2, 0.25) is 0 Å². The normalized spacial score (nSPS) is 11.1. The first-order chi connectivity index (χ1) is 6.97. The number of hydrogen-bond donors (Lipinski definition) is 5. The van der Waals surface area contributed by atoms with E-state index in [0.717, 1.165) is 0 Å². The monoisotopic (exact) mass is 231 g/mol. The fourth-order valence-corrected chi connectivity index (χ4v) is 0.868. The molecule has 1 aromatic rings. The molecule has 0 amide bonds. The number of nitrogens with two attached hydrogens (primary N) is 1. The summed E-state index contributed by atoms with van der Waals surface area (Å²) in [5, 5.41) is 18.2. The van der Waals surface area contributed by atoms with E-state index in [1.54, 1.807) is 18.2 Å². The van der Waals surface area contributed by atoms with E-state index in [2.05, 4.69) is 0 Å². The highest BCUT2D eigenvalue weighted by molar-refractivity contribution is 6.22. The van der Waals surface area contributed by atoms with Crippen molar-refractivity contribution in [2.24, 2.45) is 5.73 Å². The minimum absolute atomic E-state index is 0.148. The molecule has 1 atom stereocenters. The van der Waals surface area contributed by atoms with Gasteiger partial charge in [0, 0.05) is 6.54 Å². The van der Waals surface area contributed by atoms with Gasteiger partial charge in [0.1, 0.15) is 5.75 Å². The Labute approximate surface area is 88.1 Å². The summed E-state index contributed by atoms with van der Waals surface area (Å²) >= 11 is 0. The highest BCUT2D eigenvalue weighted by Gasteiger charge is 2.03. The predicted molar refractivity (Wildman–Crippen MR) is 53.0 cm³/mol. The first kappa shape index (κ1) is 13.6. The zero-order chi connectivity index (χ0) is 11.8. The number of aromatic hydroxyl groups is 1. The number of benzene rings is 1. The van der Waals surface area contributed by atoms with Gasteiger partial charge in [-0.3, -0.25) is 4.46 Å². The molecule has 1 unspecified atom stereocenters. The molecule has 0 spiro atoms. The highest BCUT2D eigenvalue weighted by Crippen LogP contribution is 2.16. The molecule has 0 heterocycles. The highest BCUT2D eigenvalue weighted by atomic mass is 28.3. The number of phenolic OH excluding ortho intramolecular Hbond substituents is 1. The van der Waals surface area contributed by atoms with Crippen LogP contribution in [0.3, 0.4) is 0 Å². The van der Waals surface area contributed by atoms with Gasteiger partial charge in [0.25, 0.3) is 0 Å². The van der Waals surface area contributed by atoms with Crippen molar-refractivity contribution in [2.45, 2.75) is 6.10 Å². The second-order valence-corrected chi connectivity index (χ2v) is 3.19. The van der Waals surface area contributed by atoms with E-state index in [1.165, 1.54) is 6.07 Å². The smallest absolute Gasteiger partial charge is 0.511 e. The summed E-state index contributed by atoms with van der Waals surface area (Å²) in [6.07, 6.45) is -0.679. The Morgan fingerprint density at radius 3 is 2.33 bits per heavy atom. The average Bonchev–Trinajstić information content (AvgIpc) is 2.16. The van der Waals surface area contributed by atoms with Crippen LogP contribution < -0.4 is 5.73 Å². The van der Waals surface area contributed by atoms with E-state index in [9.17, 15) is 5.11 Å². The van der Waals surface area contributed by atoms with Crippen molar-refractivity contribution in [2.75, 3.05) is 6.54 Å². The van der Waals surface area contributed by atoms with Crippen molar-refractivity contribution in [3.05, 3.63) is 29.8 Å². The summed E-state index contributed by atoms with van der Waals surface area (Å²) in [6.45, 7) is 0.170. The third kappa shape index (κ3) is 6.60.